The van der Waals surface area contributed by atoms with Gasteiger partial charge in [-0.05, 0) is 72.6 Å². The highest BCUT2D eigenvalue weighted by atomic mass is 35.5. The van der Waals surface area contributed by atoms with Gasteiger partial charge in [0.05, 0.1) is 11.4 Å². The number of aromatic nitrogens is 2. The second-order valence-corrected chi connectivity index (χ2v) is 10.9. The van der Waals surface area contributed by atoms with Crippen molar-refractivity contribution in [3.63, 3.8) is 0 Å². The van der Waals surface area contributed by atoms with Gasteiger partial charge >= 0.3 is 0 Å². The molecule has 0 N–H and O–H groups in total. The summed E-state index contributed by atoms with van der Waals surface area (Å²) in [4.78, 5) is 15.9. The van der Waals surface area contributed by atoms with Gasteiger partial charge in [-0.2, -0.15) is 5.10 Å². The van der Waals surface area contributed by atoms with Crippen LogP contribution in [0.3, 0.4) is 0 Å². The largest absolute Gasteiger partial charge is 0.334 e. The molecule has 1 aliphatic heterocycles. The van der Waals surface area contributed by atoms with Gasteiger partial charge in [0.2, 0.25) is 0 Å². The van der Waals surface area contributed by atoms with Crippen molar-refractivity contribution in [1.29, 1.82) is 0 Å². The highest BCUT2D eigenvalue weighted by Gasteiger charge is 2.51. The molecule has 6 heteroatoms. The van der Waals surface area contributed by atoms with E-state index in [0.717, 1.165) is 25.8 Å². The summed E-state index contributed by atoms with van der Waals surface area (Å²) in [7, 11) is 0. The summed E-state index contributed by atoms with van der Waals surface area (Å²) < 4.78 is 16.1. The number of likely N-dealkylation sites (tertiary alicyclic amines) is 1. The molecule has 2 aliphatic rings. The van der Waals surface area contributed by atoms with Crippen LogP contribution in [0.5, 0.6) is 0 Å². The monoisotopic (exact) mass is 451 g/mol. The lowest BCUT2D eigenvalue weighted by Gasteiger charge is -2.39. The number of nitrogens with zero attached hydrogens (tertiary/aromatic N) is 3. The Kier molecular flexibility index (Phi) is 4.93. The zero-order valence-corrected chi connectivity index (χ0v) is 19.4. The average molecular weight is 452 g/mol. The first-order chi connectivity index (χ1) is 15.1. The summed E-state index contributed by atoms with van der Waals surface area (Å²) in [5.41, 5.74) is 2.31. The average Bonchev–Trinajstić information content (AvgIpc) is 3.26. The molecule has 2 fully saturated rings. The van der Waals surface area contributed by atoms with Crippen molar-refractivity contribution < 1.29 is 9.18 Å². The molecule has 1 saturated carbocycles. The van der Waals surface area contributed by atoms with Crippen molar-refractivity contribution in [3.8, 4) is 16.9 Å². The molecule has 1 aromatic heterocycles. The summed E-state index contributed by atoms with van der Waals surface area (Å²) in [5.74, 6) is -0.417. The molecule has 2 atom stereocenters. The Morgan fingerprint density at radius 1 is 1.09 bits per heavy atom. The molecule has 2 aromatic carbocycles. The minimum absolute atomic E-state index is 0.0542. The van der Waals surface area contributed by atoms with Crippen molar-refractivity contribution >= 4 is 17.5 Å². The number of rotatable bonds is 3. The summed E-state index contributed by atoms with van der Waals surface area (Å²) in [6.07, 6.45) is 3.12. The predicted molar refractivity (Wildman–Crippen MR) is 125 cm³/mol. The molecule has 3 aromatic rings. The Morgan fingerprint density at radius 3 is 2.53 bits per heavy atom. The fraction of sp³-hybridized carbons (Fsp3) is 0.385. The molecule has 2 bridgehead atoms. The van der Waals surface area contributed by atoms with Crippen LogP contribution >= 0.6 is 11.6 Å². The van der Waals surface area contributed by atoms with Crippen LogP contribution in [0.25, 0.3) is 16.9 Å². The van der Waals surface area contributed by atoms with Gasteiger partial charge in [-0.25, -0.2) is 9.07 Å². The summed E-state index contributed by atoms with van der Waals surface area (Å²) >= 11 is 6.08. The fourth-order valence-electron chi connectivity index (χ4n) is 5.96. The number of amides is 1. The van der Waals surface area contributed by atoms with Gasteiger partial charge in [0.25, 0.3) is 5.91 Å². The van der Waals surface area contributed by atoms with Gasteiger partial charge in [0, 0.05) is 23.2 Å². The lowest BCUT2D eigenvalue weighted by atomic mass is 9.65. The van der Waals surface area contributed by atoms with Crippen molar-refractivity contribution in [2.45, 2.75) is 46.1 Å². The minimum Gasteiger partial charge on any atom is -0.334 e. The summed E-state index contributed by atoms with van der Waals surface area (Å²) in [6.45, 7) is 7.61. The normalized spacial score (nSPS) is 24.0. The van der Waals surface area contributed by atoms with Crippen LogP contribution in [-0.4, -0.2) is 33.2 Å². The van der Waals surface area contributed by atoms with Crippen LogP contribution < -0.4 is 0 Å². The highest BCUT2D eigenvalue weighted by Crippen LogP contribution is 2.52. The Bertz CT molecular complexity index is 1190. The van der Waals surface area contributed by atoms with Crippen LogP contribution in [0, 0.1) is 16.6 Å². The quantitative estimate of drug-likeness (QED) is 0.463. The maximum atomic E-state index is 14.5. The number of fused-ring (bicyclic) bond motifs is 2. The first-order valence-corrected chi connectivity index (χ1v) is 11.4. The summed E-state index contributed by atoms with van der Waals surface area (Å²) in [6, 6.07) is 15.6. The van der Waals surface area contributed by atoms with Crippen molar-refractivity contribution in [2.75, 3.05) is 6.54 Å². The van der Waals surface area contributed by atoms with Crippen LogP contribution in [0.2, 0.25) is 5.02 Å². The number of halogens is 2. The molecule has 5 rings (SSSR count). The third-order valence-electron chi connectivity index (χ3n) is 6.83. The van der Waals surface area contributed by atoms with E-state index in [1.54, 1.807) is 41.1 Å². The van der Waals surface area contributed by atoms with Crippen molar-refractivity contribution in [1.82, 2.24) is 14.7 Å². The molecular formula is C26H27ClFN3O. The first-order valence-electron chi connectivity index (χ1n) is 11.1. The van der Waals surface area contributed by atoms with Crippen LogP contribution in [0.4, 0.5) is 4.39 Å². The number of carbonyl (C=O) groups excluding carboxylic acids is 1. The molecule has 1 aliphatic carbocycles. The zero-order valence-electron chi connectivity index (χ0n) is 18.6. The maximum absolute atomic E-state index is 14.5. The van der Waals surface area contributed by atoms with Gasteiger partial charge < -0.3 is 4.90 Å². The molecule has 4 nitrogen and oxygen atoms in total. The second-order valence-electron chi connectivity index (χ2n) is 10.4. The molecule has 166 valence electrons. The van der Waals surface area contributed by atoms with Gasteiger partial charge in [-0.1, -0.05) is 44.5 Å². The van der Waals surface area contributed by atoms with Gasteiger partial charge in [-0.3, -0.25) is 4.79 Å². The fourth-order valence-corrected chi connectivity index (χ4v) is 6.08. The second kappa shape index (κ2) is 7.45. The smallest absolute Gasteiger partial charge is 0.272 e. The van der Waals surface area contributed by atoms with Crippen LogP contribution in [0.1, 0.15) is 50.5 Å². The van der Waals surface area contributed by atoms with Gasteiger partial charge in [0.15, 0.2) is 0 Å². The van der Waals surface area contributed by atoms with Gasteiger partial charge in [0.1, 0.15) is 11.5 Å². The molecule has 1 amide bonds. The predicted octanol–water partition coefficient (Wildman–Crippen LogP) is 6.37. The van der Waals surface area contributed by atoms with E-state index in [4.69, 9.17) is 11.6 Å². The third-order valence-corrected chi connectivity index (χ3v) is 7.08. The molecular weight excluding hydrogens is 425 g/mol. The topological polar surface area (TPSA) is 38.1 Å². The van der Waals surface area contributed by atoms with E-state index in [2.05, 4.69) is 25.9 Å². The molecule has 0 spiro atoms. The van der Waals surface area contributed by atoms with E-state index in [-0.39, 0.29) is 28.6 Å². The highest BCUT2D eigenvalue weighted by molar-refractivity contribution is 6.30. The number of hydrogen-bond donors (Lipinski definition) is 0. The maximum Gasteiger partial charge on any atom is 0.272 e. The van der Waals surface area contributed by atoms with Gasteiger partial charge in [-0.15, -0.1) is 0 Å². The van der Waals surface area contributed by atoms with Crippen LogP contribution in [-0.2, 0) is 0 Å². The van der Waals surface area contributed by atoms with E-state index >= 15 is 0 Å². The molecule has 0 radical (unpaired) electrons. The van der Waals surface area contributed by atoms with E-state index < -0.39 is 0 Å². The minimum atomic E-state index is -0.362. The lowest BCUT2D eigenvalue weighted by molar-refractivity contribution is 0.0699. The van der Waals surface area contributed by atoms with Crippen molar-refractivity contribution in [2.24, 2.45) is 10.8 Å². The first kappa shape index (κ1) is 21.2. The Balaban J connectivity index is 1.59. The molecule has 2 heterocycles. The summed E-state index contributed by atoms with van der Waals surface area (Å²) in [5, 5.41) is 5.25. The van der Waals surface area contributed by atoms with E-state index in [9.17, 15) is 9.18 Å². The third kappa shape index (κ3) is 3.73. The van der Waals surface area contributed by atoms with E-state index in [0.29, 0.717) is 27.7 Å². The Hall–Kier alpha value is -2.66. The molecule has 1 saturated heterocycles. The van der Waals surface area contributed by atoms with E-state index in [1.807, 2.05) is 17.0 Å². The number of carbonyl (C=O) groups is 1. The number of benzene rings is 2. The molecule has 32 heavy (non-hydrogen) atoms. The lowest BCUT2D eigenvalue weighted by Crippen LogP contribution is -2.38. The van der Waals surface area contributed by atoms with E-state index in [1.165, 1.54) is 6.07 Å². The Morgan fingerprint density at radius 2 is 1.81 bits per heavy atom. The molecule has 2 unspecified atom stereocenters. The number of hydrogen-bond acceptors (Lipinski definition) is 2. The SMILES string of the molecule is CC1(C)CC2CC(C)(CN2C(=O)c2cc(-c3ccccc3F)nn2-c2ccc(Cl)cc2)C1. The standard InChI is InChI=1S/C26H27ClFN3O/c1-25(2)13-19-14-26(3,15-25)16-30(19)24(32)23-12-22(20-6-4-5-7-21(20)28)29-31(23)18-10-8-17(27)9-11-18/h4-12,19H,13-16H2,1-3H3. The van der Waals surface area contributed by atoms with Crippen LogP contribution in [0.15, 0.2) is 54.6 Å². The van der Waals surface area contributed by atoms with Crippen molar-refractivity contribution in [3.05, 3.63) is 71.1 Å². The zero-order chi connectivity index (χ0) is 22.7. The Labute approximate surface area is 193 Å².